The molecule has 0 fully saturated rings. The lowest BCUT2D eigenvalue weighted by atomic mass is 9.99. The zero-order valence-corrected chi connectivity index (χ0v) is 16.1. The topological polar surface area (TPSA) is 47.6 Å². The lowest BCUT2D eigenvalue weighted by Crippen LogP contribution is -2.33. The molecule has 2 aromatic rings. The van der Waals surface area contributed by atoms with Crippen LogP contribution in [-0.4, -0.2) is 18.6 Å². The molecule has 4 nitrogen and oxygen atoms in total. The molecule has 0 aromatic heterocycles. The lowest BCUT2D eigenvalue weighted by molar-refractivity contribution is -0.147. The van der Waals surface area contributed by atoms with Gasteiger partial charge in [0.25, 0.3) is 0 Å². The molecule has 6 heteroatoms. The van der Waals surface area contributed by atoms with Crippen LogP contribution in [0.25, 0.3) is 10.8 Å². The molecule has 24 heavy (non-hydrogen) atoms. The first kappa shape index (κ1) is 18.8. The van der Waals surface area contributed by atoms with Crippen LogP contribution in [0.2, 0.25) is 0 Å². The van der Waals surface area contributed by atoms with E-state index in [1.807, 2.05) is 63.2 Å². The minimum absolute atomic E-state index is 0.0620. The van der Waals surface area contributed by atoms with Crippen LogP contribution in [-0.2, 0) is 21.3 Å². The molecule has 0 bridgehead atoms. The van der Waals surface area contributed by atoms with Crippen LogP contribution in [0.5, 0.6) is 5.75 Å². The third-order valence-corrected chi connectivity index (χ3v) is 4.73. The van der Waals surface area contributed by atoms with Crippen molar-refractivity contribution >= 4 is 35.6 Å². The Morgan fingerprint density at radius 3 is 2.58 bits per heavy atom. The average molecular weight is 364 g/mol. The number of hydrogen-bond donors (Lipinski definition) is 1. The van der Waals surface area contributed by atoms with Crippen molar-refractivity contribution in [3.8, 4) is 5.75 Å². The minimum atomic E-state index is -1.41. The fourth-order valence-corrected chi connectivity index (χ4v) is 3.54. The molecule has 0 saturated carbocycles. The third-order valence-electron chi connectivity index (χ3n) is 3.23. The van der Waals surface area contributed by atoms with Crippen LogP contribution in [0.15, 0.2) is 42.5 Å². The molecule has 0 radical (unpaired) electrons. The van der Waals surface area contributed by atoms with Crippen LogP contribution in [0, 0.1) is 5.41 Å². The van der Waals surface area contributed by atoms with Crippen molar-refractivity contribution < 1.29 is 14.1 Å². The fraction of sp³-hybridized carbons (Fsp3) is 0.389. The SMILES string of the molecule is C[C@H](N[P+](=S)Oc1cccc2ccccc12)C(=O)OCC(C)(C)C. The van der Waals surface area contributed by atoms with E-state index in [2.05, 4.69) is 5.09 Å². The van der Waals surface area contributed by atoms with Crippen LogP contribution >= 0.6 is 7.07 Å². The van der Waals surface area contributed by atoms with Gasteiger partial charge in [-0.2, -0.15) is 0 Å². The van der Waals surface area contributed by atoms with Crippen molar-refractivity contribution in [1.29, 1.82) is 0 Å². The number of carbonyl (C=O) groups is 1. The molecule has 2 rings (SSSR count). The molecule has 0 aliphatic carbocycles. The summed E-state index contributed by atoms with van der Waals surface area (Å²) in [6.45, 7) is 8.16. The number of carbonyl (C=O) groups excluding carboxylic acids is 1. The van der Waals surface area contributed by atoms with Gasteiger partial charge >= 0.3 is 13.0 Å². The van der Waals surface area contributed by atoms with Gasteiger partial charge in [0.15, 0.2) is 5.75 Å². The first-order chi connectivity index (χ1) is 11.3. The van der Waals surface area contributed by atoms with Crippen molar-refractivity contribution in [2.75, 3.05) is 6.61 Å². The van der Waals surface area contributed by atoms with Gasteiger partial charge in [0.2, 0.25) is 11.8 Å². The summed E-state index contributed by atoms with van der Waals surface area (Å²) in [5.41, 5.74) is -0.0620. The molecule has 0 spiro atoms. The van der Waals surface area contributed by atoms with Crippen molar-refractivity contribution in [1.82, 2.24) is 5.09 Å². The first-order valence-corrected chi connectivity index (χ1v) is 10.1. The Hall–Kier alpha value is -1.55. The number of rotatable bonds is 6. The highest BCUT2D eigenvalue weighted by Crippen LogP contribution is 2.31. The normalized spacial score (nSPS) is 13.4. The van der Waals surface area contributed by atoms with Gasteiger partial charge in [-0.3, -0.25) is 9.32 Å². The molecule has 2 atom stereocenters. The summed E-state index contributed by atoms with van der Waals surface area (Å²) in [5.74, 6) is 0.403. The monoisotopic (exact) mass is 364 g/mol. The predicted molar refractivity (Wildman–Crippen MR) is 102 cm³/mol. The fourth-order valence-electron chi connectivity index (χ4n) is 2.01. The summed E-state index contributed by atoms with van der Waals surface area (Å²) in [6.07, 6.45) is 0. The van der Waals surface area contributed by atoms with Gasteiger partial charge in [-0.25, -0.2) is 0 Å². The van der Waals surface area contributed by atoms with E-state index in [1.54, 1.807) is 6.92 Å². The highest BCUT2D eigenvalue weighted by molar-refractivity contribution is 8.02. The predicted octanol–water partition coefficient (Wildman–Crippen LogP) is 4.56. The zero-order valence-electron chi connectivity index (χ0n) is 14.4. The van der Waals surface area contributed by atoms with Crippen molar-refractivity contribution in [2.24, 2.45) is 5.41 Å². The Balaban J connectivity index is 1.96. The summed E-state index contributed by atoms with van der Waals surface area (Å²) in [7, 11) is -1.41. The number of ether oxygens (including phenoxy) is 1. The second kappa shape index (κ2) is 8.02. The lowest BCUT2D eigenvalue weighted by Gasteiger charge is -2.18. The highest BCUT2D eigenvalue weighted by Gasteiger charge is 2.26. The van der Waals surface area contributed by atoms with Gasteiger partial charge in [-0.05, 0) is 23.8 Å². The molecule has 2 aromatic carbocycles. The van der Waals surface area contributed by atoms with Gasteiger partial charge in [-0.1, -0.05) is 62.3 Å². The van der Waals surface area contributed by atoms with Crippen LogP contribution < -0.4 is 9.61 Å². The van der Waals surface area contributed by atoms with Gasteiger partial charge in [0, 0.05) is 5.39 Å². The van der Waals surface area contributed by atoms with Crippen LogP contribution in [0.3, 0.4) is 0 Å². The number of esters is 1. The van der Waals surface area contributed by atoms with Crippen LogP contribution in [0.4, 0.5) is 0 Å². The summed E-state index contributed by atoms with van der Waals surface area (Å²) in [6, 6.07) is 13.3. The maximum absolute atomic E-state index is 12.0. The van der Waals surface area contributed by atoms with E-state index < -0.39 is 13.1 Å². The second-order valence-corrected chi connectivity index (χ2v) is 8.79. The van der Waals surface area contributed by atoms with Crippen molar-refractivity contribution in [3.63, 3.8) is 0 Å². The standard InChI is InChI=1S/C18H23NO3PS/c1-13(17(20)21-12-18(2,3)4)19-23(24)22-16-11-7-9-14-8-5-6-10-15(14)16/h5-11,13H,12H2,1-4H3,(H,19,24)/q+1/t13-/m0/s1. The van der Waals surface area contributed by atoms with E-state index in [4.69, 9.17) is 21.1 Å². The van der Waals surface area contributed by atoms with E-state index in [-0.39, 0.29) is 11.4 Å². The third kappa shape index (κ3) is 5.52. The van der Waals surface area contributed by atoms with E-state index in [1.165, 1.54) is 0 Å². The minimum Gasteiger partial charge on any atom is -0.464 e. The van der Waals surface area contributed by atoms with E-state index >= 15 is 0 Å². The molecule has 0 aliphatic rings. The molecule has 1 unspecified atom stereocenters. The second-order valence-electron chi connectivity index (χ2n) is 6.84. The molecule has 128 valence electrons. The largest absolute Gasteiger partial charge is 0.490 e. The highest BCUT2D eigenvalue weighted by atomic mass is 32.4. The van der Waals surface area contributed by atoms with Crippen LogP contribution in [0.1, 0.15) is 27.7 Å². The van der Waals surface area contributed by atoms with Gasteiger partial charge in [-0.15, -0.1) is 0 Å². The Morgan fingerprint density at radius 1 is 1.21 bits per heavy atom. The quantitative estimate of drug-likeness (QED) is 0.601. The maximum Gasteiger partial charge on any atom is 0.490 e. The number of hydrogen-bond acceptors (Lipinski definition) is 4. The Morgan fingerprint density at radius 2 is 1.88 bits per heavy atom. The smallest absolute Gasteiger partial charge is 0.464 e. The summed E-state index contributed by atoms with van der Waals surface area (Å²) in [5, 5.41) is 5.10. The average Bonchev–Trinajstić information content (AvgIpc) is 2.52. The number of benzene rings is 2. The summed E-state index contributed by atoms with van der Waals surface area (Å²) < 4.78 is 11.2. The van der Waals surface area contributed by atoms with Crippen molar-refractivity contribution in [2.45, 2.75) is 33.7 Å². The molecule has 1 N–H and O–H groups in total. The van der Waals surface area contributed by atoms with E-state index in [9.17, 15) is 4.79 Å². The summed E-state index contributed by atoms with van der Waals surface area (Å²) in [4.78, 5) is 12.0. The Bertz CT molecular complexity index is 737. The summed E-state index contributed by atoms with van der Waals surface area (Å²) >= 11 is 5.36. The maximum atomic E-state index is 12.0. The molecule has 0 amide bonds. The number of fused-ring (bicyclic) bond motifs is 1. The van der Waals surface area contributed by atoms with Gasteiger partial charge < -0.3 is 4.74 Å². The van der Waals surface area contributed by atoms with Crippen molar-refractivity contribution in [3.05, 3.63) is 42.5 Å². The Kier molecular flexibility index (Phi) is 6.27. The molecular weight excluding hydrogens is 341 g/mol. The van der Waals surface area contributed by atoms with Gasteiger partial charge in [0.05, 0.1) is 6.61 Å². The van der Waals surface area contributed by atoms with Gasteiger partial charge in [0.1, 0.15) is 6.04 Å². The van der Waals surface area contributed by atoms with E-state index in [0.29, 0.717) is 6.61 Å². The first-order valence-electron chi connectivity index (χ1n) is 7.82. The van der Waals surface area contributed by atoms with E-state index in [0.717, 1.165) is 16.5 Å². The molecular formula is C18H23NO3PS+. The Labute approximate surface area is 149 Å². The molecule has 0 heterocycles. The number of nitrogens with one attached hydrogen (secondary N) is 1. The molecule has 0 aliphatic heterocycles. The molecule has 0 saturated heterocycles. The zero-order chi connectivity index (χ0) is 17.7.